The van der Waals surface area contributed by atoms with Crippen LogP contribution in [0.3, 0.4) is 0 Å². The highest BCUT2D eigenvalue weighted by Crippen LogP contribution is 2.37. The molecule has 1 aliphatic rings. The van der Waals surface area contributed by atoms with Gasteiger partial charge < -0.3 is 11.1 Å². The molecule has 0 spiro atoms. The van der Waals surface area contributed by atoms with Gasteiger partial charge in [-0.15, -0.1) is 0 Å². The number of hydrogen-bond donors (Lipinski definition) is 2. The summed E-state index contributed by atoms with van der Waals surface area (Å²) < 4.78 is 14.4. The second kappa shape index (κ2) is 7.04. The maximum Gasteiger partial charge on any atom is 0.221 e. The number of carbonyl (C=O) groups is 1. The predicted molar refractivity (Wildman–Crippen MR) is 95.5 cm³/mol. The van der Waals surface area contributed by atoms with Crippen molar-refractivity contribution in [2.45, 2.75) is 38.6 Å². The van der Waals surface area contributed by atoms with E-state index >= 15 is 0 Å². The van der Waals surface area contributed by atoms with Crippen molar-refractivity contribution in [2.75, 3.05) is 5.32 Å². The third-order valence-electron chi connectivity index (χ3n) is 4.57. The van der Waals surface area contributed by atoms with Crippen molar-refractivity contribution >= 4 is 11.6 Å². The summed E-state index contributed by atoms with van der Waals surface area (Å²) in [7, 11) is 0. The van der Waals surface area contributed by atoms with E-state index in [4.69, 9.17) is 11.0 Å². The van der Waals surface area contributed by atoms with Crippen LogP contribution in [0.15, 0.2) is 30.3 Å². The largest absolute Gasteiger partial charge is 0.326 e. The van der Waals surface area contributed by atoms with Gasteiger partial charge in [0, 0.05) is 19.0 Å². The molecule has 4 nitrogen and oxygen atoms in total. The van der Waals surface area contributed by atoms with Crippen LogP contribution in [0.1, 0.15) is 30.0 Å². The zero-order valence-corrected chi connectivity index (χ0v) is 14.1. The number of nitrogens with two attached hydrogens (primary N) is 1. The predicted octanol–water partition coefficient (Wildman–Crippen LogP) is 3.33. The normalized spacial score (nSPS) is 13.8. The molecule has 1 aliphatic carbocycles. The number of nitriles is 1. The number of rotatable bonds is 4. The van der Waals surface area contributed by atoms with Gasteiger partial charge in [-0.05, 0) is 59.2 Å². The highest BCUT2D eigenvalue weighted by atomic mass is 19.1. The summed E-state index contributed by atoms with van der Waals surface area (Å²) in [6, 6.07) is 10.1. The summed E-state index contributed by atoms with van der Waals surface area (Å²) in [6.45, 7) is 1.50. The van der Waals surface area contributed by atoms with Crippen molar-refractivity contribution in [2.24, 2.45) is 5.73 Å². The second-order valence-electron chi connectivity index (χ2n) is 6.40. The molecule has 1 unspecified atom stereocenters. The molecule has 0 heterocycles. The van der Waals surface area contributed by atoms with Gasteiger partial charge in [0.1, 0.15) is 5.82 Å². The Morgan fingerprint density at radius 2 is 2.08 bits per heavy atom. The van der Waals surface area contributed by atoms with E-state index in [1.54, 1.807) is 6.07 Å². The SMILES string of the molecule is CC(=O)Nc1ccc(-c2ccc(CC(N)C#N)c(F)c2)c2c1CCC2. The van der Waals surface area contributed by atoms with Gasteiger partial charge in [-0.2, -0.15) is 5.26 Å². The van der Waals surface area contributed by atoms with Crippen LogP contribution in [0, 0.1) is 17.1 Å². The van der Waals surface area contributed by atoms with E-state index in [0.717, 1.165) is 41.6 Å². The molecule has 0 aromatic heterocycles. The van der Waals surface area contributed by atoms with Gasteiger partial charge in [-0.25, -0.2) is 4.39 Å². The number of anilines is 1. The number of nitrogens with zero attached hydrogens (tertiary/aromatic N) is 1. The fourth-order valence-electron chi connectivity index (χ4n) is 3.45. The summed E-state index contributed by atoms with van der Waals surface area (Å²) >= 11 is 0. The highest BCUT2D eigenvalue weighted by Gasteiger charge is 2.20. The topological polar surface area (TPSA) is 78.9 Å². The van der Waals surface area contributed by atoms with Crippen molar-refractivity contribution in [1.82, 2.24) is 0 Å². The van der Waals surface area contributed by atoms with Crippen LogP contribution in [0.2, 0.25) is 0 Å². The average molecular weight is 337 g/mol. The summed E-state index contributed by atoms with van der Waals surface area (Å²) in [6.07, 6.45) is 3.05. The molecule has 0 fully saturated rings. The first-order valence-corrected chi connectivity index (χ1v) is 8.36. The molecule has 1 amide bonds. The summed E-state index contributed by atoms with van der Waals surface area (Å²) in [5.74, 6) is -0.438. The number of nitrogens with one attached hydrogen (secondary N) is 1. The van der Waals surface area contributed by atoms with E-state index in [-0.39, 0.29) is 18.1 Å². The van der Waals surface area contributed by atoms with E-state index in [9.17, 15) is 9.18 Å². The fraction of sp³-hybridized carbons (Fsp3) is 0.300. The Balaban J connectivity index is 1.98. The van der Waals surface area contributed by atoms with Crippen molar-refractivity contribution in [3.8, 4) is 17.2 Å². The van der Waals surface area contributed by atoms with Crippen LogP contribution < -0.4 is 11.1 Å². The van der Waals surface area contributed by atoms with Gasteiger partial charge >= 0.3 is 0 Å². The number of hydrogen-bond acceptors (Lipinski definition) is 3. The highest BCUT2D eigenvalue weighted by molar-refractivity contribution is 5.91. The van der Waals surface area contributed by atoms with E-state index in [1.165, 1.54) is 18.6 Å². The summed E-state index contributed by atoms with van der Waals surface area (Å²) in [5, 5.41) is 11.7. The third-order valence-corrected chi connectivity index (χ3v) is 4.57. The molecular formula is C20H20FN3O. The Hall–Kier alpha value is -2.71. The lowest BCUT2D eigenvalue weighted by molar-refractivity contribution is -0.114. The number of carbonyl (C=O) groups excluding carboxylic acids is 1. The molecule has 3 N–H and O–H groups in total. The van der Waals surface area contributed by atoms with Crippen molar-refractivity contribution < 1.29 is 9.18 Å². The third kappa shape index (κ3) is 3.54. The molecule has 0 bridgehead atoms. The van der Waals surface area contributed by atoms with Gasteiger partial charge in [0.05, 0.1) is 12.1 Å². The lowest BCUT2D eigenvalue weighted by Gasteiger charge is -2.14. The molecule has 2 aromatic carbocycles. The average Bonchev–Trinajstić information content (AvgIpc) is 3.06. The molecule has 2 aromatic rings. The molecule has 25 heavy (non-hydrogen) atoms. The lowest BCUT2D eigenvalue weighted by atomic mass is 9.94. The molecular weight excluding hydrogens is 317 g/mol. The van der Waals surface area contributed by atoms with E-state index in [0.29, 0.717) is 5.56 Å². The van der Waals surface area contributed by atoms with Gasteiger partial charge in [0.25, 0.3) is 0 Å². The smallest absolute Gasteiger partial charge is 0.221 e. The van der Waals surface area contributed by atoms with Crippen molar-refractivity contribution in [1.29, 1.82) is 5.26 Å². The minimum Gasteiger partial charge on any atom is -0.326 e. The molecule has 3 rings (SSSR count). The number of halogens is 1. The van der Waals surface area contributed by atoms with Gasteiger partial charge in [0.15, 0.2) is 0 Å². The molecule has 5 heteroatoms. The van der Waals surface area contributed by atoms with Crippen LogP contribution >= 0.6 is 0 Å². The number of benzene rings is 2. The first kappa shape index (κ1) is 17.1. The Bertz CT molecular complexity index is 870. The van der Waals surface area contributed by atoms with Crippen LogP contribution in [0.5, 0.6) is 0 Å². The van der Waals surface area contributed by atoms with E-state index in [1.807, 2.05) is 24.3 Å². The maximum absolute atomic E-state index is 14.4. The standard InChI is InChI=1S/C20H20FN3O/c1-12(25)24-20-8-7-16(17-3-2-4-18(17)20)13-5-6-14(19(21)10-13)9-15(23)11-22/h5-8,10,15H,2-4,9,23H2,1H3,(H,24,25). The Kier molecular flexibility index (Phi) is 4.82. The molecule has 0 saturated heterocycles. The Morgan fingerprint density at radius 3 is 2.76 bits per heavy atom. The maximum atomic E-state index is 14.4. The quantitative estimate of drug-likeness (QED) is 0.898. The lowest BCUT2D eigenvalue weighted by Crippen LogP contribution is -2.20. The van der Waals surface area contributed by atoms with Crippen LogP contribution in [0.25, 0.3) is 11.1 Å². The van der Waals surface area contributed by atoms with Crippen LogP contribution in [0.4, 0.5) is 10.1 Å². The van der Waals surface area contributed by atoms with Gasteiger partial charge in [-0.1, -0.05) is 18.2 Å². The zero-order valence-electron chi connectivity index (χ0n) is 14.1. The minimum absolute atomic E-state index is 0.0916. The first-order valence-electron chi connectivity index (χ1n) is 8.36. The minimum atomic E-state index is -0.707. The fourth-order valence-corrected chi connectivity index (χ4v) is 3.45. The molecule has 128 valence electrons. The molecule has 0 radical (unpaired) electrons. The van der Waals surface area contributed by atoms with E-state index < -0.39 is 6.04 Å². The van der Waals surface area contributed by atoms with Crippen LogP contribution in [-0.2, 0) is 24.1 Å². The molecule has 1 atom stereocenters. The molecule has 0 saturated carbocycles. The summed E-state index contributed by atoms with van der Waals surface area (Å²) in [4.78, 5) is 11.4. The first-order chi connectivity index (χ1) is 12.0. The van der Waals surface area contributed by atoms with Crippen molar-refractivity contribution in [3.63, 3.8) is 0 Å². The molecule has 0 aliphatic heterocycles. The van der Waals surface area contributed by atoms with Crippen molar-refractivity contribution in [3.05, 3.63) is 52.8 Å². The second-order valence-corrected chi connectivity index (χ2v) is 6.40. The van der Waals surface area contributed by atoms with Gasteiger partial charge in [-0.3, -0.25) is 4.79 Å². The number of fused-ring (bicyclic) bond motifs is 1. The Labute approximate surface area is 146 Å². The monoisotopic (exact) mass is 337 g/mol. The summed E-state index contributed by atoms with van der Waals surface area (Å²) in [5.41, 5.74) is 11.0. The Morgan fingerprint density at radius 1 is 1.32 bits per heavy atom. The van der Waals surface area contributed by atoms with Crippen LogP contribution in [-0.4, -0.2) is 11.9 Å². The van der Waals surface area contributed by atoms with E-state index in [2.05, 4.69) is 5.32 Å². The number of amides is 1. The zero-order chi connectivity index (χ0) is 18.0. The van der Waals surface area contributed by atoms with Gasteiger partial charge in [0.2, 0.25) is 5.91 Å².